The average molecular weight is 277 g/mol. The number of carbonyl (C=O) groups is 1. The van der Waals surface area contributed by atoms with E-state index in [0.29, 0.717) is 18.8 Å². The van der Waals surface area contributed by atoms with E-state index in [0.717, 1.165) is 29.5 Å². The van der Waals surface area contributed by atoms with E-state index in [-0.39, 0.29) is 6.09 Å². The molecule has 1 amide bonds. The highest BCUT2D eigenvalue weighted by molar-refractivity contribution is 5.69. The van der Waals surface area contributed by atoms with Crippen molar-refractivity contribution < 1.29 is 14.6 Å². The van der Waals surface area contributed by atoms with Gasteiger partial charge in [0.25, 0.3) is 0 Å². The van der Waals surface area contributed by atoms with E-state index in [2.05, 4.69) is 6.92 Å². The highest BCUT2D eigenvalue weighted by atomic mass is 16.6. The Kier molecular flexibility index (Phi) is 3.93. The van der Waals surface area contributed by atoms with Crippen molar-refractivity contribution in [1.82, 2.24) is 4.90 Å². The number of aryl methyl sites for hydroxylation is 1. The number of amides is 1. The van der Waals surface area contributed by atoms with E-state index in [9.17, 15) is 9.90 Å². The van der Waals surface area contributed by atoms with Crippen LogP contribution in [0.5, 0.6) is 5.75 Å². The van der Waals surface area contributed by atoms with Crippen molar-refractivity contribution >= 4 is 6.09 Å². The maximum Gasteiger partial charge on any atom is 0.410 e. The Labute approximate surface area is 120 Å². The number of hydrogen-bond donors (Lipinski definition) is 1. The van der Waals surface area contributed by atoms with Gasteiger partial charge in [-0.25, -0.2) is 4.79 Å². The molecule has 4 nitrogen and oxygen atoms in total. The first-order chi connectivity index (χ1) is 9.30. The van der Waals surface area contributed by atoms with Crippen molar-refractivity contribution in [3.8, 4) is 5.75 Å². The molecule has 20 heavy (non-hydrogen) atoms. The van der Waals surface area contributed by atoms with Gasteiger partial charge >= 0.3 is 6.09 Å². The van der Waals surface area contributed by atoms with Gasteiger partial charge in [0.05, 0.1) is 0 Å². The number of hydrogen-bond acceptors (Lipinski definition) is 3. The van der Waals surface area contributed by atoms with Gasteiger partial charge in [0.2, 0.25) is 0 Å². The molecule has 2 rings (SSSR count). The molecule has 0 aliphatic carbocycles. The van der Waals surface area contributed by atoms with Gasteiger partial charge in [-0.2, -0.15) is 0 Å². The molecule has 1 aromatic rings. The highest BCUT2D eigenvalue weighted by Gasteiger charge is 2.26. The summed E-state index contributed by atoms with van der Waals surface area (Å²) in [6.45, 7) is 8.87. The van der Waals surface area contributed by atoms with Gasteiger partial charge in [-0.3, -0.25) is 0 Å². The fourth-order valence-electron chi connectivity index (χ4n) is 2.53. The number of aromatic hydroxyl groups is 1. The summed E-state index contributed by atoms with van der Waals surface area (Å²) in [7, 11) is 0. The smallest absolute Gasteiger partial charge is 0.410 e. The maximum absolute atomic E-state index is 12.1. The minimum absolute atomic E-state index is 0.265. The van der Waals surface area contributed by atoms with E-state index in [4.69, 9.17) is 4.74 Å². The maximum atomic E-state index is 12.1. The first kappa shape index (κ1) is 14.7. The highest BCUT2D eigenvalue weighted by Crippen LogP contribution is 2.28. The molecule has 0 saturated heterocycles. The van der Waals surface area contributed by atoms with E-state index in [1.807, 2.05) is 20.8 Å². The second-order valence-corrected chi connectivity index (χ2v) is 6.25. The van der Waals surface area contributed by atoms with Crippen LogP contribution in [-0.4, -0.2) is 28.2 Å². The van der Waals surface area contributed by atoms with Crippen LogP contribution in [0.3, 0.4) is 0 Å². The van der Waals surface area contributed by atoms with Crippen LogP contribution in [-0.2, 0) is 24.1 Å². The van der Waals surface area contributed by atoms with Crippen LogP contribution < -0.4 is 0 Å². The molecular weight excluding hydrogens is 254 g/mol. The minimum atomic E-state index is -0.472. The molecule has 0 aromatic heterocycles. The number of carbonyl (C=O) groups excluding carboxylic acids is 1. The third-order valence-electron chi connectivity index (χ3n) is 3.45. The molecule has 0 unspecified atom stereocenters. The van der Waals surface area contributed by atoms with Crippen LogP contribution in [0.4, 0.5) is 4.79 Å². The molecular formula is C16H23NO3. The quantitative estimate of drug-likeness (QED) is 0.857. The summed E-state index contributed by atoms with van der Waals surface area (Å²) in [5.41, 5.74) is 2.93. The van der Waals surface area contributed by atoms with Crippen LogP contribution in [0.1, 0.15) is 44.4 Å². The van der Waals surface area contributed by atoms with Crippen LogP contribution >= 0.6 is 0 Å². The molecule has 1 aliphatic heterocycles. The number of benzene rings is 1. The van der Waals surface area contributed by atoms with Gasteiger partial charge in [-0.05, 0) is 62.4 Å². The summed E-state index contributed by atoms with van der Waals surface area (Å²) in [4.78, 5) is 13.9. The van der Waals surface area contributed by atoms with E-state index in [1.54, 1.807) is 17.0 Å². The van der Waals surface area contributed by atoms with Crippen molar-refractivity contribution in [1.29, 1.82) is 0 Å². The molecule has 1 heterocycles. The van der Waals surface area contributed by atoms with Crippen LogP contribution in [0.2, 0.25) is 0 Å². The van der Waals surface area contributed by atoms with Gasteiger partial charge < -0.3 is 14.7 Å². The average Bonchev–Trinajstić information content (AvgIpc) is 2.35. The van der Waals surface area contributed by atoms with Crippen molar-refractivity contribution in [3.05, 3.63) is 28.8 Å². The number of phenols is 1. The van der Waals surface area contributed by atoms with Crippen molar-refractivity contribution in [3.63, 3.8) is 0 Å². The normalized spacial score (nSPS) is 14.9. The van der Waals surface area contributed by atoms with Crippen molar-refractivity contribution in [2.75, 3.05) is 6.54 Å². The van der Waals surface area contributed by atoms with Gasteiger partial charge in [-0.15, -0.1) is 0 Å². The lowest BCUT2D eigenvalue weighted by Crippen LogP contribution is -2.40. The van der Waals surface area contributed by atoms with Gasteiger partial charge in [0, 0.05) is 13.1 Å². The monoisotopic (exact) mass is 277 g/mol. The Morgan fingerprint density at radius 3 is 2.70 bits per heavy atom. The largest absolute Gasteiger partial charge is 0.508 e. The summed E-state index contributed by atoms with van der Waals surface area (Å²) in [5.74, 6) is 0.311. The lowest BCUT2D eigenvalue weighted by molar-refractivity contribution is 0.0223. The molecule has 1 aromatic carbocycles. The van der Waals surface area contributed by atoms with Crippen LogP contribution in [0.25, 0.3) is 0 Å². The Morgan fingerprint density at radius 2 is 2.10 bits per heavy atom. The fraction of sp³-hybridized carbons (Fsp3) is 0.562. The van der Waals surface area contributed by atoms with Gasteiger partial charge in [-0.1, -0.05) is 6.92 Å². The van der Waals surface area contributed by atoms with E-state index >= 15 is 0 Å². The Bertz CT molecular complexity index is 500. The summed E-state index contributed by atoms with van der Waals surface area (Å²) < 4.78 is 5.43. The Morgan fingerprint density at radius 1 is 1.40 bits per heavy atom. The zero-order valence-corrected chi connectivity index (χ0v) is 12.7. The van der Waals surface area contributed by atoms with Crippen molar-refractivity contribution in [2.24, 2.45) is 0 Å². The third-order valence-corrected chi connectivity index (χ3v) is 3.45. The first-order valence-electron chi connectivity index (χ1n) is 7.11. The summed E-state index contributed by atoms with van der Waals surface area (Å²) in [6.07, 6.45) is 1.34. The summed E-state index contributed by atoms with van der Waals surface area (Å²) >= 11 is 0. The topological polar surface area (TPSA) is 49.8 Å². The molecule has 0 atom stereocenters. The second kappa shape index (κ2) is 5.35. The predicted octanol–water partition coefficient (Wildman–Crippen LogP) is 3.25. The van der Waals surface area contributed by atoms with E-state index < -0.39 is 5.60 Å². The molecule has 0 radical (unpaired) electrons. The molecule has 0 spiro atoms. The number of rotatable bonds is 1. The molecule has 0 bridgehead atoms. The van der Waals surface area contributed by atoms with Gasteiger partial charge in [0.1, 0.15) is 11.4 Å². The second-order valence-electron chi connectivity index (χ2n) is 6.25. The standard InChI is InChI=1S/C16H23NO3/c1-5-11-8-13(18)9-12-6-7-17(10-14(11)12)15(19)20-16(2,3)4/h8-9,18H,5-7,10H2,1-4H3. The molecule has 1 aliphatic rings. The molecule has 1 N–H and O–H groups in total. The zero-order valence-electron chi connectivity index (χ0n) is 12.7. The van der Waals surface area contributed by atoms with Gasteiger partial charge in [0.15, 0.2) is 0 Å². The van der Waals surface area contributed by atoms with E-state index in [1.165, 1.54) is 0 Å². The van der Waals surface area contributed by atoms with Crippen LogP contribution in [0.15, 0.2) is 12.1 Å². The molecule has 0 fully saturated rings. The fourth-order valence-corrected chi connectivity index (χ4v) is 2.53. The summed E-state index contributed by atoms with van der Waals surface area (Å²) in [6, 6.07) is 3.60. The van der Waals surface area contributed by atoms with Crippen molar-refractivity contribution in [2.45, 2.75) is 52.7 Å². The number of nitrogens with zero attached hydrogens (tertiary/aromatic N) is 1. The number of ether oxygens (including phenoxy) is 1. The van der Waals surface area contributed by atoms with Crippen LogP contribution in [0, 0.1) is 0 Å². The summed E-state index contributed by atoms with van der Waals surface area (Å²) in [5, 5.41) is 9.72. The first-order valence-corrected chi connectivity index (χ1v) is 7.11. The zero-order chi connectivity index (χ0) is 14.9. The molecule has 110 valence electrons. The lowest BCUT2D eigenvalue weighted by Gasteiger charge is -2.32. The number of fused-ring (bicyclic) bond motifs is 1. The molecule has 4 heteroatoms. The third kappa shape index (κ3) is 3.24. The Balaban J connectivity index is 2.20. The molecule has 0 saturated carbocycles. The predicted molar refractivity (Wildman–Crippen MR) is 77.8 cm³/mol. The lowest BCUT2D eigenvalue weighted by atomic mass is 9.93. The Hall–Kier alpha value is -1.71. The minimum Gasteiger partial charge on any atom is -0.508 e. The number of phenolic OH excluding ortho intramolecular Hbond substituents is 1. The SMILES string of the molecule is CCc1cc(O)cc2c1CN(C(=O)OC(C)(C)C)CC2.